The number of benzene rings is 1. The summed E-state index contributed by atoms with van der Waals surface area (Å²) in [6.07, 6.45) is 0.766. The van der Waals surface area contributed by atoms with Gasteiger partial charge >= 0.3 is 0 Å². The van der Waals surface area contributed by atoms with E-state index in [1.54, 1.807) is 31.4 Å². The Labute approximate surface area is 102 Å². The van der Waals surface area contributed by atoms with Gasteiger partial charge in [0.25, 0.3) is 5.91 Å². The molecule has 0 aliphatic carbocycles. The lowest BCUT2D eigenvalue weighted by Crippen LogP contribution is -2.36. The molecule has 0 saturated heterocycles. The van der Waals surface area contributed by atoms with Crippen LogP contribution in [0.15, 0.2) is 24.3 Å². The van der Waals surface area contributed by atoms with Gasteiger partial charge in [0.05, 0.1) is 7.11 Å². The van der Waals surface area contributed by atoms with Gasteiger partial charge in [-0.2, -0.15) is 0 Å². The molecule has 1 aromatic carbocycles. The Balaban J connectivity index is 2.57. The first-order valence-corrected chi connectivity index (χ1v) is 5.73. The summed E-state index contributed by atoms with van der Waals surface area (Å²) in [6.45, 7) is 3.88. The van der Waals surface area contributed by atoms with Gasteiger partial charge in [-0.25, -0.2) is 0 Å². The number of rotatable bonds is 5. The zero-order chi connectivity index (χ0) is 12.8. The summed E-state index contributed by atoms with van der Waals surface area (Å²) in [5, 5.41) is 2.91. The fourth-order valence-electron chi connectivity index (χ4n) is 1.67. The van der Waals surface area contributed by atoms with Crippen molar-refractivity contribution in [2.45, 2.75) is 32.4 Å². The molecule has 17 heavy (non-hydrogen) atoms. The van der Waals surface area contributed by atoms with E-state index in [0.29, 0.717) is 5.56 Å². The van der Waals surface area contributed by atoms with Crippen LogP contribution < -0.4 is 15.8 Å². The van der Waals surface area contributed by atoms with E-state index >= 15 is 0 Å². The highest BCUT2D eigenvalue weighted by Crippen LogP contribution is 2.11. The smallest absolute Gasteiger partial charge is 0.251 e. The van der Waals surface area contributed by atoms with E-state index in [4.69, 9.17) is 10.5 Å². The standard InChI is InChI=1S/C13H20N2O2/c1-9(14)8-10(2)15-13(16)11-4-6-12(17-3)7-5-11/h4-7,9-10H,8,14H2,1-3H3,(H,15,16). The molecule has 94 valence electrons. The molecule has 4 nitrogen and oxygen atoms in total. The van der Waals surface area contributed by atoms with E-state index in [1.165, 1.54) is 0 Å². The van der Waals surface area contributed by atoms with Crippen molar-refractivity contribution in [2.24, 2.45) is 5.73 Å². The molecular formula is C13H20N2O2. The van der Waals surface area contributed by atoms with E-state index in [9.17, 15) is 4.79 Å². The molecule has 1 rings (SSSR count). The lowest BCUT2D eigenvalue weighted by molar-refractivity contribution is 0.0937. The number of methoxy groups -OCH3 is 1. The van der Waals surface area contributed by atoms with Gasteiger partial charge in [-0.15, -0.1) is 0 Å². The third-order valence-corrected chi connectivity index (χ3v) is 2.46. The van der Waals surface area contributed by atoms with Crippen molar-refractivity contribution < 1.29 is 9.53 Å². The van der Waals surface area contributed by atoms with Crippen molar-refractivity contribution in [1.82, 2.24) is 5.32 Å². The number of hydrogen-bond donors (Lipinski definition) is 2. The molecule has 0 aliphatic heterocycles. The monoisotopic (exact) mass is 236 g/mol. The highest BCUT2D eigenvalue weighted by molar-refractivity contribution is 5.94. The van der Waals surface area contributed by atoms with Crippen molar-refractivity contribution in [2.75, 3.05) is 7.11 Å². The fourth-order valence-corrected chi connectivity index (χ4v) is 1.67. The zero-order valence-corrected chi connectivity index (χ0v) is 10.6. The van der Waals surface area contributed by atoms with Crippen molar-refractivity contribution in [1.29, 1.82) is 0 Å². The van der Waals surface area contributed by atoms with Crippen molar-refractivity contribution in [3.05, 3.63) is 29.8 Å². The summed E-state index contributed by atoms with van der Waals surface area (Å²) in [5.74, 6) is 0.658. The number of hydrogen-bond acceptors (Lipinski definition) is 3. The van der Waals surface area contributed by atoms with E-state index < -0.39 is 0 Å². The average molecular weight is 236 g/mol. The number of amides is 1. The molecule has 3 N–H and O–H groups in total. The molecule has 0 fully saturated rings. The van der Waals surface area contributed by atoms with E-state index in [0.717, 1.165) is 12.2 Å². The van der Waals surface area contributed by atoms with Crippen LogP contribution in [0, 0.1) is 0 Å². The molecule has 0 spiro atoms. The second-order valence-corrected chi connectivity index (χ2v) is 4.32. The summed E-state index contributed by atoms with van der Waals surface area (Å²) in [7, 11) is 1.60. The first kappa shape index (κ1) is 13.5. The average Bonchev–Trinajstić information content (AvgIpc) is 2.28. The second kappa shape index (κ2) is 6.25. The maximum atomic E-state index is 11.8. The molecule has 0 aromatic heterocycles. The van der Waals surface area contributed by atoms with Gasteiger partial charge in [-0.1, -0.05) is 0 Å². The van der Waals surface area contributed by atoms with Crippen molar-refractivity contribution >= 4 is 5.91 Å². The third kappa shape index (κ3) is 4.44. The number of carbonyl (C=O) groups excluding carboxylic acids is 1. The van der Waals surface area contributed by atoms with E-state index in [1.807, 2.05) is 13.8 Å². The maximum Gasteiger partial charge on any atom is 0.251 e. The summed E-state index contributed by atoms with van der Waals surface area (Å²) in [5.41, 5.74) is 6.30. The van der Waals surface area contributed by atoms with Crippen LogP contribution >= 0.6 is 0 Å². The topological polar surface area (TPSA) is 64.3 Å². The van der Waals surface area contributed by atoms with Crippen LogP contribution in [0.3, 0.4) is 0 Å². The first-order valence-electron chi connectivity index (χ1n) is 5.73. The van der Waals surface area contributed by atoms with Gasteiger partial charge in [-0.3, -0.25) is 4.79 Å². The fraction of sp³-hybridized carbons (Fsp3) is 0.462. The Hall–Kier alpha value is -1.55. The van der Waals surface area contributed by atoms with Gasteiger partial charge in [0.2, 0.25) is 0 Å². The minimum atomic E-state index is -0.0826. The lowest BCUT2D eigenvalue weighted by atomic mass is 10.1. The molecule has 0 radical (unpaired) electrons. The van der Waals surface area contributed by atoms with Gasteiger partial charge in [0.15, 0.2) is 0 Å². The lowest BCUT2D eigenvalue weighted by Gasteiger charge is -2.15. The predicted molar refractivity (Wildman–Crippen MR) is 68.2 cm³/mol. The number of carbonyl (C=O) groups is 1. The Morgan fingerprint density at radius 3 is 2.41 bits per heavy atom. The summed E-state index contributed by atoms with van der Waals surface area (Å²) >= 11 is 0. The quantitative estimate of drug-likeness (QED) is 0.815. The molecule has 4 heteroatoms. The van der Waals surface area contributed by atoms with Crippen LogP contribution in [0.4, 0.5) is 0 Å². The third-order valence-electron chi connectivity index (χ3n) is 2.46. The molecule has 0 aliphatic rings. The molecular weight excluding hydrogens is 216 g/mol. The Bertz CT molecular complexity index is 360. The van der Waals surface area contributed by atoms with Crippen LogP contribution in [-0.2, 0) is 0 Å². The molecule has 1 amide bonds. The van der Waals surface area contributed by atoms with Gasteiger partial charge in [-0.05, 0) is 44.5 Å². The van der Waals surface area contributed by atoms with Gasteiger partial charge < -0.3 is 15.8 Å². The van der Waals surface area contributed by atoms with E-state index in [-0.39, 0.29) is 18.0 Å². The highest BCUT2D eigenvalue weighted by atomic mass is 16.5. The van der Waals surface area contributed by atoms with Gasteiger partial charge in [0, 0.05) is 17.6 Å². The van der Waals surface area contributed by atoms with Crippen molar-refractivity contribution in [3.8, 4) is 5.75 Å². The first-order chi connectivity index (χ1) is 8.02. The summed E-state index contributed by atoms with van der Waals surface area (Å²) in [6, 6.07) is 7.18. The molecule has 0 heterocycles. The van der Waals surface area contributed by atoms with Crippen molar-refractivity contribution in [3.63, 3.8) is 0 Å². The second-order valence-electron chi connectivity index (χ2n) is 4.32. The summed E-state index contributed by atoms with van der Waals surface area (Å²) in [4.78, 5) is 11.8. The molecule has 0 bridgehead atoms. The maximum absolute atomic E-state index is 11.8. The van der Waals surface area contributed by atoms with Crippen LogP contribution in [-0.4, -0.2) is 25.1 Å². The number of nitrogens with two attached hydrogens (primary N) is 1. The minimum Gasteiger partial charge on any atom is -0.497 e. The molecule has 2 unspecified atom stereocenters. The number of nitrogens with one attached hydrogen (secondary N) is 1. The van der Waals surface area contributed by atoms with Crippen LogP contribution in [0.2, 0.25) is 0 Å². The molecule has 0 saturated carbocycles. The molecule has 2 atom stereocenters. The Morgan fingerprint density at radius 2 is 1.94 bits per heavy atom. The summed E-state index contributed by atoms with van der Waals surface area (Å²) < 4.78 is 5.03. The van der Waals surface area contributed by atoms with Crippen LogP contribution in [0.1, 0.15) is 30.6 Å². The predicted octanol–water partition coefficient (Wildman–Crippen LogP) is 1.55. The van der Waals surface area contributed by atoms with Crippen LogP contribution in [0.25, 0.3) is 0 Å². The van der Waals surface area contributed by atoms with Gasteiger partial charge in [0.1, 0.15) is 5.75 Å². The Kier molecular flexibility index (Phi) is 4.97. The Morgan fingerprint density at radius 1 is 1.35 bits per heavy atom. The van der Waals surface area contributed by atoms with E-state index in [2.05, 4.69) is 5.32 Å². The normalized spacial score (nSPS) is 13.9. The number of ether oxygens (including phenoxy) is 1. The SMILES string of the molecule is COc1ccc(C(=O)NC(C)CC(C)N)cc1. The molecule has 1 aromatic rings. The highest BCUT2D eigenvalue weighted by Gasteiger charge is 2.10. The van der Waals surface area contributed by atoms with Crippen LogP contribution in [0.5, 0.6) is 5.75 Å². The largest absolute Gasteiger partial charge is 0.497 e. The minimum absolute atomic E-state index is 0.0737. The zero-order valence-electron chi connectivity index (χ0n) is 10.6.